The monoisotopic (exact) mass is 743 g/mol. The van der Waals surface area contributed by atoms with Crippen molar-refractivity contribution >= 4 is 66.7 Å². The predicted octanol–water partition coefficient (Wildman–Crippen LogP) is 13.1. The van der Waals surface area contributed by atoms with Crippen LogP contribution in [-0.2, 0) is 0 Å². The lowest BCUT2D eigenvalue weighted by molar-refractivity contribution is 1.06. The number of hydrogen-bond donors (Lipinski definition) is 0. The molecular formula is C55H41N3. The molecule has 11 aromatic rings. The average Bonchev–Trinajstić information content (AvgIpc) is 3.91. The minimum Gasteiger partial charge on any atom is -0.310 e. The maximum Gasteiger partial charge on any atom is 0.0541 e. The van der Waals surface area contributed by atoms with Crippen LogP contribution >= 0.6 is 0 Å². The van der Waals surface area contributed by atoms with Crippen molar-refractivity contribution in [3.8, 4) is 39.3 Å². The van der Waals surface area contributed by atoms with Gasteiger partial charge in [-0.3, -0.25) is 0 Å². The first-order valence-corrected chi connectivity index (χ1v) is 20.3. The van der Waals surface area contributed by atoms with Gasteiger partial charge in [-0.15, -0.1) is 0 Å². The Bertz CT molecular complexity index is 3470. The van der Waals surface area contributed by atoms with Crippen LogP contribution in [0.15, 0.2) is 188 Å². The number of hydrogen-bond acceptors (Lipinski definition) is 0. The molecule has 0 atom stereocenters. The van der Waals surface area contributed by atoms with Crippen molar-refractivity contribution < 1.29 is 0 Å². The summed E-state index contributed by atoms with van der Waals surface area (Å²) >= 11 is 0. The Morgan fingerprint density at radius 3 is 1.17 bits per heavy atom. The van der Waals surface area contributed by atoms with Crippen molar-refractivity contribution in [1.29, 1.82) is 0 Å². The van der Waals surface area contributed by atoms with Gasteiger partial charge < -0.3 is 13.7 Å². The van der Waals surface area contributed by atoms with Crippen LogP contribution in [0.2, 0.25) is 0 Å². The van der Waals surface area contributed by atoms with E-state index in [1.54, 1.807) is 0 Å². The van der Waals surface area contributed by atoms with Crippen molar-refractivity contribution in [2.24, 2.45) is 0 Å². The molecule has 0 amide bonds. The molecule has 0 unspecified atom stereocenters. The van der Waals surface area contributed by atoms with E-state index in [0.29, 0.717) is 0 Å². The van der Waals surface area contributed by atoms with E-state index < -0.39 is 0 Å². The van der Waals surface area contributed by atoms with Gasteiger partial charge in [0.15, 0.2) is 0 Å². The summed E-state index contributed by atoms with van der Waals surface area (Å²) in [5.74, 6) is 0. The van der Waals surface area contributed by atoms with Gasteiger partial charge in [0.1, 0.15) is 0 Å². The minimum absolute atomic E-state index is 0.964. The molecule has 0 radical (unpaired) electrons. The molecule has 8 aromatic carbocycles. The van der Waals surface area contributed by atoms with E-state index in [0.717, 1.165) is 12.1 Å². The highest BCUT2D eigenvalue weighted by atomic mass is 15.0. The summed E-state index contributed by atoms with van der Waals surface area (Å²) in [6, 6.07) is 68.9. The summed E-state index contributed by atoms with van der Waals surface area (Å²) in [6.45, 7) is 4.37. The third-order valence-corrected chi connectivity index (χ3v) is 11.9. The number of nitrogens with zero attached hydrogens (tertiary/aromatic N) is 3. The first kappa shape index (κ1) is 33.9. The maximum absolute atomic E-state index is 2.41. The van der Waals surface area contributed by atoms with Gasteiger partial charge in [-0.25, -0.2) is 0 Å². The van der Waals surface area contributed by atoms with E-state index in [2.05, 4.69) is 228 Å². The van der Waals surface area contributed by atoms with Crippen LogP contribution in [0.25, 0.3) is 106 Å². The third-order valence-electron chi connectivity index (χ3n) is 11.9. The van der Waals surface area contributed by atoms with Crippen molar-refractivity contribution in [3.63, 3.8) is 0 Å². The molecule has 3 heteroatoms. The maximum atomic E-state index is 2.41. The minimum atomic E-state index is 0.964. The van der Waals surface area contributed by atoms with Crippen molar-refractivity contribution in [2.45, 2.75) is 20.3 Å². The van der Waals surface area contributed by atoms with Crippen LogP contribution in [0, 0.1) is 0 Å². The van der Waals surface area contributed by atoms with Crippen molar-refractivity contribution in [2.75, 3.05) is 0 Å². The summed E-state index contributed by atoms with van der Waals surface area (Å²) in [4.78, 5) is 0. The largest absolute Gasteiger partial charge is 0.310 e. The Hall–Kier alpha value is -7.36. The molecule has 0 saturated heterocycles. The first-order valence-electron chi connectivity index (χ1n) is 20.3. The smallest absolute Gasteiger partial charge is 0.0541 e. The highest BCUT2D eigenvalue weighted by Gasteiger charge is 2.18. The van der Waals surface area contributed by atoms with Gasteiger partial charge in [-0.05, 0) is 127 Å². The van der Waals surface area contributed by atoms with Crippen LogP contribution in [-0.4, -0.2) is 13.7 Å². The average molecular weight is 744 g/mol. The summed E-state index contributed by atoms with van der Waals surface area (Å²) in [5, 5.41) is 8.78. The summed E-state index contributed by atoms with van der Waals surface area (Å²) in [7, 11) is 0. The number of rotatable bonds is 6. The fourth-order valence-corrected chi connectivity index (χ4v) is 9.31. The van der Waals surface area contributed by atoms with Crippen LogP contribution in [0.1, 0.15) is 20.3 Å². The van der Waals surface area contributed by atoms with Crippen LogP contribution in [0.3, 0.4) is 0 Å². The summed E-state index contributed by atoms with van der Waals surface area (Å²) in [5.41, 5.74) is 14.4. The Balaban J connectivity index is 1.11. The lowest BCUT2D eigenvalue weighted by Crippen LogP contribution is -2.28. The van der Waals surface area contributed by atoms with Crippen LogP contribution in [0.4, 0.5) is 0 Å². The van der Waals surface area contributed by atoms with E-state index in [1.807, 2.05) is 0 Å². The van der Waals surface area contributed by atoms with E-state index in [9.17, 15) is 0 Å². The lowest BCUT2D eigenvalue weighted by atomic mass is 9.98. The molecule has 3 heterocycles. The van der Waals surface area contributed by atoms with Gasteiger partial charge in [0.05, 0.1) is 27.6 Å². The summed E-state index contributed by atoms with van der Waals surface area (Å²) in [6.07, 6.45) is 5.58. The Kier molecular flexibility index (Phi) is 8.01. The molecule has 3 nitrogen and oxygen atoms in total. The first-order chi connectivity index (χ1) is 28.7. The molecule has 0 saturated carbocycles. The van der Waals surface area contributed by atoms with Crippen molar-refractivity contribution in [1.82, 2.24) is 13.7 Å². The highest BCUT2D eigenvalue weighted by Crippen LogP contribution is 2.39. The fraction of sp³-hybridized carbons (Fsp3) is 0.0545. The molecule has 0 aliphatic carbocycles. The molecule has 276 valence electrons. The lowest BCUT2D eigenvalue weighted by Gasteiger charge is -2.09. The molecule has 58 heavy (non-hydrogen) atoms. The molecule has 3 aromatic heterocycles. The van der Waals surface area contributed by atoms with Gasteiger partial charge >= 0.3 is 0 Å². The molecule has 0 fully saturated rings. The Morgan fingerprint density at radius 1 is 0.362 bits per heavy atom. The molecule has 0 spiro atoms. The van der Waals surface area contributed by atoms with E-state index >= 15 is 0 Å². The molecule has 0 aliphatic heterocycles. The zero-order valence-corrected chi connectivity index (χ0v) is 32.6. The zero-order valence-electron chi connectivity index (χ0n) is 32.6. The van der Waals surface area contributed by atoms with E-state index in [4.69, 9.17) is 0 Å². The Labute approximate surface area is 337 Å². The van der Waals surface area contributed by atoms with E-state index in [-0.39, 0.29) is 0 Å². The molecule has 0 N–H and O–H groups in total. The van der Waals surface area contributed by atoms with Crippen LogP contribution in [0.5, 0.6) is 0 Å². The second-order valence-electron chi connectivity index (χ2n) is 15.2. The predicted molar refractivity (Wildman–Crippen MR) is 247 cm³/mol. The van der Waals surface area contributed by atoms with Gasteiger partial charge in [0, 0.05) is 54.6 Å². The molecular weight excluding hydrogens is 703 g/mol. The van der Waals surface area contributed by atoms with Gasteiger partial charge in [0.2, 0.25) is 0 Å². The number of aromatic nitrogens is 3. The number of benzene rings is 8. The second-order valence-corrected chi connectivity index (χ2v) is 15.2. The normalized spacial score (nSPS) is 12.6. The second kappa shape index (κ2) is 13.7. The van der Waals surface area contributed by atoms with E-state index in [1.165, 1.54) is 98.7 Å². The van der Waals surface area contributed by atoms with Crippen molar-refractivity contribution in [3.05, 3.63) is 199 Å². The molecule has 0 bridgehead atoms. The SMILES string of the molecule is C/C=c1\c(=C/CC)n(-c2ccccc2)c2ccc(-c3ccc4c(c3)c3cc(-c5ccc6c(c5)c5ccccc5n6-c5ccccc5)ccc3n4-c3ccccc3)cc12. The van der Waals surface area contributed by atoms with Crippen LogP contribution < -0.4 is 10.6 Å². The standard InChI is InChI=1S/C55H41N3/c1-3-16-50-44(4-2)46-33-37(25-29-52(46)56(50)41-17-8-5-9-18-41)39-27-31-54-48(35-39)49-36-40(28-32-55(49)58(54)43-21-12-7-13-22-43)38-26-30-53-47(34-38)45-23-14-15-24-51(45)57(53)42-19-10-6-11-20-42/h4-36H,3H2,1-2H3/b44-4-,50-16+. The molecule has 11 rings (SSSR count). The highest BCUT2D eigenvalue weighted by molar-refractivity contribution is 6.13. The Morgan fingerprint density at radius 2 is 0.724 bits per heavy atom. The number of para-hydroxylation sites is 4. The molecule has 0 aliphatic rings. The third kappa shape index (κ3) is 5.28. The zero-order chi connectivity index (χ0) is 38.7. The quantitative estimate of drug-likeness (QED) is 0.161. The fourth-order valence-electron chi connectivity index (χ4n) is 9.31. The number of fused-ring (bicyclic) bond motifs is 7. The van der Waals surface area contributed by atoms with Gasteiger partial charge in [0.25, 0.3) is 0 Å². The van der Waals surface area contributed by atoms with Gasteiger partial charge in [-0.2, -0.15) is 0 Å². The van der Waals surface area contributed by atoms with Gasteiger partial charge in [-0.1, -0.05) is 116 Å². The topological polar surface area (TPSA) is 14.8 Å². The summed E-state index contributed by atoms with van der Waals surface area (Å²) < 4.78 is 7.20.